The van der Waals surface area contributed by atoms with Gasteiger partial charge in [-0.3, -0.25) is 0 Å². The van der Waals surface area contributed by atoms with Gasteiger partial charge in [0.15, 0.2) is 0 Å². The fraction of sp³-hybridized carbons (Fsp3) is 0.263. The van der Waals surface area contributed by atoms with Crippen LogP contribution >= 0.6 is 0 Å². The Morgan fingerprint density at radius 2 is 1.09 bits per heavy atom. The third kappa shape index (κ3) is 4.01. The first kappa shape index (κ1) is 17.3. The first-order valence-electron chi connectivity index (χ1n) is 7.60. The predicted molar refractivity (Wildman–Crippen MR) is 85.0 cm³/mol. The normalized spacial score (nSPS) is 11.4. The van der Waals surface area contributed by atoms with Gasteiger partial charge in [0.1, 0.15) is 23.3 Å². The third-order valence-electron chi connectivity index (χ3n) is 3.64. The van der Waals surface area contributed by atoms with Crippen molar-refractivity contribution in [1.82, 2.24) is 0 Å². The predicted octanol–water partition coefficient (Wildman–Crippen LogP) is 5.93. The van der Waals surface area contributed by atoms with Crippen molar-refractivity contribution >= 4 is 12.2 Å². The lowest BCUT2D eigenvalue weighted by molar-refractivity contribution is 0.572. The lowest BCUT2D eigenvalue weighted by Gasteiger charge is -2.06. The molecule has 0 radical (unpaired) electrons. The number of halogens is 4. The molecule has 0 nitrogen and oxygen atoms in total. The minimum absolute atomic E-state index is 0.303. The fourth-order valence-electron chi connectivity index (χ4n) is 2.40. The summed E-state index contributed by atoms with van der Waals surface area (Å²) < 4.78 is 55.7. The first-order chi connectivity index (χ1) is 11.0. The second-order valence-corrected chi connectivity index (χ2v) is 5.38. The van der Waals surface area contributed by atoms with Crippen LogP contribution in [-0.2, 0) is 12.8 Å². The van der Waals surface area contributed by atoms with Crippen molar-refractivity contribution in [2.24, 2.45) is 0 Å². The molecule has 2 aromatic carbocycles. The zero-order chi connectivity index (χ0) is 17.0. The van der Waals surface area contributed by atoms with Crippen LogP contribution in [0.2, 0.25) is 0 Å². The van der Waals surface area contributed by atoms with E-state index in [1.807, 2.05) is 6.92 Å². The molecule has 0 aliphatic rings. The van der Waals surface area contributed by atoms with Crippen molar-refractivity contribution in [3.05, 3.63) is 69.8 Å². The zero-order valence-electron chi connectivity index (χ0n) is 13.1. The van der Waals surface area contributed by atoms with Gasteiger partial charge in [-0.1, -0.05) is 20.3 Å². The smallest absolute Gasteiger partial charge is 0.133 e. The molecule has 2 aromatic rings. The van der Waals surface area contributed by atoms with Gasteiger partial charge in [-0.15, -0.1) is 0 Å². The molecular weight excluding hydrogens is 304 g/mol. The highest BCUT2D eigenvalue weighted by Gasteiger charge is 2.11. The lowest BCUT2D eigenvalue weighted by atomic mass is 10.0. The van der Waals surface area contributed by atoms with Crippen molar-refractivity contribution < 1.29 is 17.6 Å². The average molecular weight is 322 g/mol. The Hall–Kier alpha value is -2.10. The molecule has 0 aliphatic carbocycles. The maximum atomic E-state index is 14.0. The van der Waals surface area contributed by atoms with Crippen LogP contribution in [0.4, 0.5) is 17.6 Å². The second kappa shape index (κ2) is 7.44. The minimum Gasteiger partial charge on any atom is -0.206 e. The fourth-order valence-corrected chi connectivity index (χ4v) is 2.40. The molecule has 0 amide bonds. The van der Waals surface area contributed by atoms with E-state index in [1.165, 1.54) is 24.3 Å². The molecule has 23 heavy (non-hydrogen) atoms. The molecule has 0 saturated carbocycles. The molecule has 0 aromatic heterocycles. The minimum atomic E-state index is -0.749. The highest BCUT2D eigenvalue weighted by Crippen LogP contribution is 2.22. The van der Waals surface area contributed by atoms with Crippen molar-refractivity contribution in [2.75, 3.05) is 0 Å². The van der Waals surface area contributed by atoms with Gasteiger partial charge in [-0.2, -0.15) is 0 Å². The van der Waals surface area contributed by atoms with Crippen LogP contribution in [0.15, 0.2) is 24.3 Å². The van der Waals surface area contributed by atoms with Crippen LogP contribution in [0.5, 0.6) is 0 Å². The van der Waals surface area contributed by atoms with E-state index < -0.39 is 23.3 Å². The second-order valence-electron chi connectivity index (χ2n) is 5.38. The first-order valence-corrected chi connectivity index (χ1v) is 7.60. The molecule has 0 spiro atoms. The number of hydrogen-bond donors (Lipinski definition) is 0. The van der Waals surface area contributed by atoms with Crippen LogP contribution in [0.25, 0.3) is 12.2 Å². The Morgan fingerprint density at radius 3 is 1.43 bits per heavy atom. The average Bonchev–Trinajstić information content (AvgIpc) is 2.48. The highest BCUT2D eigenvalue weighted by molar-refractivity contribution is 5.71. The molecule has 0 heterocycles. The molecular formula is C19H18F4. The molecule has 0 fully saturated rings. The summed E-state index contributed by atoms with van der Waals surface area (Å²) in [6.07, 6.45) is 3.96. The van der Waals surface area contributed by atoms with E-state index in [-0.39, 0.29) is 11.1 Å². The summed E-state index contributed by atoms with van der Waals surface area (Å²) in [5.74, 6) is -2.98. The van der Waals surface area contributed by atoms with Crippen LogP contribution in [0.3, 0.4) is 0 Å². The van der Waals surface area contributed by atoms with Gasteiger partial charge < -0.3 is 0 Å². The molecule has 0 atom stereocenters. The van der Waals surface area contributed by atoms with Crippen LogP contribution in [0, 0.1) is 23.3 Å². The van der Waals surface area contributed by atoms with E-state index in [0.717, 1.165) is 18.6 Å². The topological polar surface area (TPSA) is 0 Å². The van der Waals surface area contributed by atoms with Gasteiger partial charge >= 0.3 is 0 Å². The van der Waals surface area contributed by atoms with Gasteiger partial charge in [0.2, 0.25) is 0 Å². The Labute approximate surface area is 133 Å². The summed E-state index contributed by atoms with van der Waals surface area (Å²) in [4.78, 5) is 0. The van der Waals surface area contributed by atoms with Gasteiger partial charge in [0.05, 0.1) is 0 Å². The van der Waals surface area contributed by atoms with Crippen molar-refractivity contribution in [3.63, 3.8) is 0 Å². The largest absolute Gasteiger partial charge is 0.206 e. The molecule has 2 rings (SSSR count). The maximum absolute atomic E-state index is 14.0. The summed E-state index contributed by atoms with van der Waals surface area (Å²) in [5, 5.41) is 0. The van der Waals surface area contributed by atoms with Crippen LogP contribution in [-0.4, -0.2) is 0 Å². The molecule has 0 bridgehead atoms. The summed E-state index contributed by atoms with van der Waals surface area (Å²) in [6, 6.07) is 4.94. The van der Waals surface area contributed by atoms with E-state index in [0.29, 0.717) is 24.0 Å². The monoisotopic (exact) mass is 322 g/mol. The van der Waals surface area contributed by atoms with Crippen molar-refractivity contribution in [1.29, 1.82) is 0 Å². The van der Waals surface area contributed by atoms with E-state index in [9.17, 15) is 17.6 Å². The Kier molecular flexibility index (Phi) is 5.59. The SMILES string of the molecule is CCCc1cc(F)c(/C=C/c2c(F)cc(CC)cc2F)c(F)c1. The zero-order valence-corrected chi connectivity index (χ0v) is 13.1. The van der Waals surface area contributed by atoms with Gasteiger partial charge in [0.25, 0.3) is 0 Å². The maximum Gasteiger partial charge on any atom is 0.133 e. The number of benzene rings is 2. The van der Waals surface area contributed by atoms with E-state index in [1.54, 1.807) is 6.92 Å². The highest BCUT2D eigenvalue weighted by atomic mass is 19.1. The van der Waals surface area contributed by atoms with E-state index >= 15 is 0 Å². The molecule has 122 valence electrons. The Bertz CT molecular complexity index is 686. The van der Waals surface area contributed by atoms with E-state index in [2.05, 4.69) is 0 Å². The third-order valence-corrected chi connectivity index (χ3v) is 3.64. The molecule has 0 N–H and O–H groups in total. The number of aryl methyl sites for hydroxylation is 2. The van der Waals surface area contributed by atoms with Gasteiger partial charge in [-0.05, 0) is 60.4 Å². The van der Waals surface area contributed by atoms with Gasteiger partial charge in [0, 0.05) is 11.1 Å². The Morgan fingerprint density at radius 1 is 0.696 bits per heavy atom. The standard InChI is InChI=1S/C19H18F4/c1-3-5-13-10-18(22)15(19(23)11-13)7-6-14-16(20)8-12(4-2)9-17(14)21/h6-11H,3-5H2,1-2H3/b7-6+. The number of hydrogen-bond acceptors (Lipinski definition) is 0. The van der Waals surface area contributed by atoms with Crippen LogP contribution in [0.1, 0.15) is 42.5 Å². The lowest BCUT2D eigenvalue weighted by Crippen LogP contribution is -1.95. The van der Waals surface area contributed by atoms with Crippen molar-refractivity contribution in [3.8, 4) is 0 Å². The summed E-state index contributed by atoms with van der Waals surface area (Å²) in [5.41, 5.74) is 0.476. The number of rotatable bonds is 5. The summed E-state index contributed by atoms with van der Waals surface area (Å²) in [6.45, 7) is 3.70. The van der Waals surface area contributed by atoms with Crippen molar-refractivity contribution in [2.45, 2.75) is 33.1 Å². The molecule has 0 unspecified atom stereocenters. The van der Waals surface area contributed by atoms with Gasteiger partial charge in [-0.25, -0.2) is 17.6 Å². The Balaban J connectivity index is 2.38. The molecule has 0 aliphatic heterocycles. The summed E-state index contributed by atoms with van der Waals surface area (Å²) >= 11 is 0. The van der Waals surface area contributed by atoms with E-state index in [4.69, 9.17) is 0 Å². The van der Waals surface area contributed by atoms with Crippen LogP contribution < -0.4 is 0 Å². The molecule has 0 saturated heterocycles. The molecule has 4 heteroatoms. The summed E-state index contributed by atoms with van der Waals surface area (Å²) in [7, 11) is 0. The quantitative estimate of drug-likeness (QED) is 0.473.